The molecule has 1 unspecified atom stereocenters. The highest BCUT2D eigenvalue weighted by Gasteiger charge is 2.49. The van der Waals surface area contributed by atoms with Crippen LogP contribution in [0.25, 0.3) is 11.5 Å². The monoisotopic (exact) mass is 384 g/mol. The van der Waals surface area contributed by atoms with Crippen molar-refractivity contribution in [2.24, 2.45) is 11.3 Å². The molecule has 2 aromatic heterocycles. The number of carbonyl (C=O) groups excluding carboxylic acids is 1. The average Bonchev–Trinajstić information content (AvgIpc) is 3.15. The van der Waals surface area contributed by atoms with Crippen LogP contribution in [0.15, 0.2) is 28.8 Å². The Bertz CT molecular complexity index is 817. The number of furan rings is 1. The smallest absolute Gasteiger partial charge is 0.229 e. The van der Waals surface area contributed by atoms with Crippen LogP contribution in [-0.4, -0.2) is 63.3 Å². The number of aromatic amines is 1. The minimum atomic E-state index is -0.384. The fourth-order valence-corrected chi connectivity index (χ4v) is 4.82. The number of aliphatic hydroxyl groups is 1. The first-order chi connectivity index (χ1) is 13.6. The standard InChI is InChI=1S/C21H28N4O3/c26-16-11-21(20(27)25(13-16)12-15-1-2-15)6-9-24(10-7-21)14-17-3-4-19(28-17)18-5-8-22-23-18/h3-5,8,15-16,26H,1-2,6-7,9-14H2,(H,22,23). The summed E-state index contributed by atoms with van der Waals surface area (Å²) < 4.78 is 5.95. The molecule has 1 saturated carbocycles. The lowest BCUT2D eigenvalue weighted by Crippen LogP contribution is -2.57. The molecular formula is C21H28N4O3. The molecule has 1 atom stereocenters. The number of rotatable bonds is 5. The first-order valence-corrected chi connectivity index (χ1v) is 10.4. The zero-order valence-corrected chi connectivity index (χ0v) is 16.1. The van der Waals surface area contributed by atoms with E-state index in [0.717, 1.165) is 56.2 Å². The van der Waals surface area contributed by atoms with Crippen molar-refractivity contribution in [1.82, 2.24) is 20.0 Å². The summed E-state index contributed by atoms with van der Waals surface area (Å²) in [7, 11) is 0. The minimum Gasteiger partial charge on any atom is -0.458 e. The topological polar surface area (TPSA) is 85.6 Å². The van der Waals surface area contributed by atoms with E-state index in [0.29, 0.717) is 18.9 Å². The SMILES string of the molecule is O=C1N(CC2CC2)CC(O)CC12CCN(Cc1ccc(-c3ccn[nH]3)o1)CC2. The molecule has 0 radical (unpaired) electrons. The lowest BCUT2D eigenvalue weighted by atomic mass is 9.70. The lowest BCUT2D eigenvalue weighted by molar-refractivity contribution is -0.157. The van der Waals surface area contributed by atoms with Gasteiger partial charge in [-0.3, -0.25) is 14.8 Å². The summed E-state index contributed by atoms with van der Waals surface area (Å²) in [6, 6.07) is 5.86. The second-order valence-corrected chi connectivity index (χ2v) is 8.80. The van der Waals surface area contributed by atoms with Crippen LogP contribution in [0, 0.1) is 11.3 Å². The maximum absolute atomic E-state index is 13.2. The number of amides is 1. The Labute approximate surface area is 164 Å². The highest BCUT2D eigenvalue weighted by molar-refractivity contribution is 5.84. The summed E-state index contributed by atoms with van der Waals surface area (Å²) in [5.41, 5.74) is 0.509. The largest absolute Gasteiger partial charge is 0.458 e. The molecule has 1 amide bonds. The molecule has 2 aliphatic heterocycles. The quantitative estimate of drug-likeness (QED) is 0.826. The Morgan fingerprint density at radius 3 is 2.79 bits per heavy atom. The van der Waals surface area contributed by atoms with Gasteiger partial charge in [-0.2, -0.15) is 5.10 Å². The number of hydrogen-bond donors (Lipinski definition) is 2. The fraction of sp³-hybridized carbons (Fsp3) is 0.619. The van der Waals surface area contributed by atoms with Crippen molar-refractivity contribution in [2.45, 2.75) is 44.8 Å². The van der Waals surface area contributed by atoms with Gasteiger partial charge >= 0.3 is 0 Å². The van der Waals surface area contributed by atoms with Gasteiger partial charge in [-0.15, -0.1) is 0 Å². The number of nitrogens with zero attached hydrogens (tertiary/aromatic N) is 3. The molecule has 0 aromatic carbocycles. The van der Waals surface area contributed by atoms with Crippen LogP contribution in [0.5, 0.6) is 0 Å². The molecule has 2 aromatic rings. The van der Waals surface area contributed by atoms with Crippen molar-refractivity contribution in [2.75, 3.05) is 26.2 Å². The molecular weight excluding hydrogens is 356 g/mol. The molecule has 2 saturated heterocycles. The fourth-order valence-electron chi connectivity index (χ4n) is 4.82. The summed E-state index contributed by atoms with van der Waals surface area (Å²) in [5.74, 6) is 2.66. The zero-order chi connectivity index (χ0) is 19.1. The van der Waals surface area contributed by atoms with E-state index >= 15 is 0 Å². The van der Waals surface area contributed by atoms with Crippen molar-refractivity contribution in [1.29, 1.82) is 0 Å². The van der Waals surface area contributed by atoms with Gasteiger partial charge in [0.1, 0.15) is 11.5 Å². The summed E-state index contributed by atoms with van der Waals surface area (Å²) in [6.07, 6.45) is 6.03. The number of hydrogen-bond acceptors (Lipinski definition) is 5. The van der Waals surface area contributed by atoms with Crippen LogP contribution in [0.1, 0.15) is 37.9 Å². The van der Waals surface area contributed by atoms with E-state index < -0.39 is 0 Å². The van der Waals surface area contributed by atoms with E-state index in [2.05, 4.69) is 15.1 Å². The zero-order valence-electron chi connectivity index (χ0n) is 16.1. The molecule has 28 heavy (non-hydrogen) atoms. The number of β-amino-alcohol motifs (C(OH)–C–C–N with tert-alkyl or cyclic N) is 1. The molecule has 1 aliphatic carbocycles. The summed E-state index contributed by atoms with van der Waals surface area (Å²) >= 11 is 0. The second kappa shape index (κ2) is 7.04. The molecule has 5 rings (SSSR count). The Kier molecular flexibility index (Phi) is 4.51. The van der Waals surface area contributed by atoms with Crippen LogP contribution < -0.4 is 0 Å². The predicted molar refractivity (Wildman–Crippen MR) is 103 cm³/mol. The Morgan fingerprint density at radius 2 is 2.07 bits per heavy atom. The summed E-state index contributed by atoms with van der Waals surface area (Å²) in [6.45, 7) is 3.81. The van der Waals surface area contributed by atoms with Gasteiger partial charge in [-0.05, 0) is 69.3 Å². The van der Waals surface area contributed by atoms with E-state index in [-0.39, 0.29) is 17.4 Å². The van der Waals surface area contributed by atoms with Gasteiger partial charge in [0.25, 0.3) is 0 Å². The van der Waals surface area contributed by atoms with E-state index in [9.17, 15) is 9.90 Å². The predicted octanol–water partition coefficient (Wildman–Crippen LogP) is 2.26. The molecule has 0 bridgehead atoms. The van der Waals surface area contributed by atoms with Crippen LogP contribution in [0.2, 0.25) is 0 Å². The molecule has 3 fully saturated rings. The molecule has 150 valence electrons. The third-order valence-electron chi connectivity index (χ3n) is 6.59. The normalized spacial score (nSPS) is 25.5. The van der Waals surface area contributed by atoms with Gasteiger partial charge in [-0.1, -0.05) is 0 Å². The minimum absolute atomic E-state index is 0.281. The lowest BCUT2D eigenvalue weighted by Gasteiger charge is -2.48. The van der Waals surface area contributed by atoms with E-state index in [1.807, 2.05) is 23.1 Å². The first-order valence-electron chi connectivity index (χ1n) is 10.4. The Balaban J connectivity index is 1.21. The Hall–Kier alpha value is -2.12. The molecule has 1 spiro atoms. The maximum Gasteiger partial charge on any atom is 0.229 e. The van der Waals surface area contributed by atoms with Crippen molar-refractivity contribution < 1.29 is 14.3 Å². The van der Waals surface area contributed by atoms with Gasteiger partial charge < -0.3 is 14.4 Å². The van der Waals surface area contributed by atoms with Gasteiger partial charge in [0.2, 0.25) is 5.91 Å². The Morgan fingerprint density at radius 1 is 1.25 bits per heavy atom. The highest BCUT2D eigenvalue weighted by Crippen LogP contribution is 2.42. The maximum atomic E-state index is 13.2. The van der Waals surface area contributed by atoms with Crippen molar-refractivity contribution in [3.8, 4) is 11.5 Å². The number of aliphatic hydroxyl groups excluding tert-OH is 1. The van der Waals surface area contributed by atoms with Gasteiger partial charge in [0, 0.05) is 19.3 Å². The second-order valence-electron chi connectivity index (χ2n) is 8.80. The number of carbonyl (C=O) groups is 1. The van der Waals surface area contributed by atoms with Gasteiger partial charge in [0.05, 0.1) is 18.1 Å². The van der Waals surface area contributed by atoms with E-state index in [1.54, 1.807) is 6.20 Å². The van der Waals surface area contributed by atoms with Crippen LogP contribution >= 0.6 is 0 Å². The molecule has 2 N–H and O–H groups in total. The van der Waals surface area contributed by atoms with Gasteiger partial charge in [-0.25, -0.2) is 0 Å². The molecule has 4 heterocycles. The third-order valence-corrected chi connectivity index (χ3v) is 6.59. The number of aromatic nitrogens is 2. The van der Waals surface area contributed by atoms with Crippen LogP contribution in [-0.2, 0) is 11.3 Å². The number of H-pyrrole nitrogens is 1. The van der Waals surface area contributed by atoms with Crippen LogP contribution in [0.4, 0.5) is 0 Å². The number of nitrogens with one attached hydrogen (secondary N) is 1. The number of piperidine rings is 2. The third kappa shape index (κ3) is 3.49. The van der Waals surface area contributed by atoms with E-state index in [1.165, 1.54) is 12.8 Å². The average molecular weight is 384 g/mol. The summed E-state index contributed by atoms with van der Waals surface area (Å²) in [4.78, 5) is 17.5. The van der Waals surface area contributed by atoms with Crippen LogP contribution in [0.3, 0.4) is 0 Å². The van der Waals surface area contributed by atoms with Crippen molar-refractivity contribution >= 4 is 5.91 Å². The van der Waals surface area contributed by atoms with Crippen molar-refractivity contribution in [3.63, 3.8) is 0 Å². The van der Waals surface area contributed by atoms with E-state index in [4.69, 9.17) is 4.42 Å². The molecule has 7 heteroatoms. The molecule has 3 aliphatic rings. The first kappa shape index (κ1) is 17.9. The molecule has 7 nitrogen and oxygen atoms in total. The van der Waals surface area contributed by atoms with Crippen molar-refractivity contribution in [3.05, 3.63) is 30.2 Å². The number of likely N-dealkylation sites (tertiary alicyclic amines) is 2. The highest BCUT2D eigenvalue weighted by atomic mass is 16.3. The van der Waals surface area contributed by atoms with Gasteiger partial charge in [0.15, 0.2) is 5.76 Å². The summed E-state index contributed by atoms with van der Waals surface area (Å²) in [5, 5.41) is 17.3.